The molecular weight excluding hydrogens is 329 g/mol. The van der Waals surface area contributed by atoms with Gasteiger partial charge in [0.05, 0.1) is 22.6 Å². The molecule has 0 unspecified atom stereocenters. The number of carbonyl (C=O) groups excluding carboxylic acids is 3. The molecule has 0 aliphatic carbocycles. The van der Waals surface area contributed by atoms with Gasteiger partial charge in [-0.2, -0.15) is 0 Å². The number of nitrogens with one attached hydrogen (secondary N) is 1. The summed E-state index contributed by atoms with van der Waals surface area (Å²) in [5.74, 6) is -0.438. The van der Waals surface area contributed by atoms with Gasteiger partial charge in [0.1, 0.15) is 0 Å². The summed E-state index contributed by atoms with van der Waals surface area (Å²) < 4.78 is 0. The Bertz CT molecular complexity index is 649. The van der Waals surface area contributed by atoms with Crippen LogP contribution in [-0.2, 0) is 4.79 Å². The van der Waals surface area contributed by atoms with Crippen molar-refractivity contribution in [2.75, 3.05) is 19.6 Å². The number of urea groups is 1. The Balaban J connectivity index is 1.72. The minimum absolute atomic E-state index is 0.0239. The Morgan fingerprint density at radius 2 is 2.00 bits per heavy atom. The monoisotopic (exact) mass is 341 g/mol. The van der Waals surface area contributed by atoms with Crippen molar-refractivity contribution in [3.8, 4) is 0 Å². The predicted octanol–water partition coefficient (Wildman–Crippen LogP) is 1.76. The molecule has 0 spiro atoms. The van der Waals surface area contributed by atoms with E-state index in [-0.39, 0.29) is 30.4 Å². The van der Waals surface area contributed by atoms with Crippen LogP contribution in [-0.4, -0.2) is 53.3 Å². The second-order valence-electron chi connectivity index (χ2n) is 5.25. The van der Waals surface area contributed by atoms with E-state index in [2.05, 4.69) is 5.32 Å². The molecule has 1 aromatic carbocycles. The van der Waals surface area contributed by atoms with E-state index in [9.17, 15) is 14.4 Å². The molecule has 6 nitrogen and oxygen atoms in total. The number of amides is 4. The molecule has 116 valence electrons. The highest BCUT2D eigenvalue weighted by Gasteiger charge is 2.39. The number of likely N-dealkylation sites (tertiary alicyclic amines) is 1. The third-order valence-electron chi connectivity index (χ3n) is 3.86. The average molecular weight is 342 g/mol. The van der Waals surface area contributed by atoms with E-state index in [4.69, 9.17) is 23.2 Å². The van der Waals surface area contributed by atoms with Crippen LogP contribution in [0, 0.1) is 0 Å². The molecule has 0 radical (unpaired) electrons. The maximum absolute atomic E-state index is 12.5. The van der Waals surface area contributed by atoms with Crippen molar-refractivity contribution in [1.82, 2.24) is 15.1 Å². The van der Waals surface area contributed by atoms with Gasteiger partial charge in [-0.05, 0) is 24.6 Å². The first-order valence-corrected chi connectivity index (χ1v) is 7.57. The minimum atomic E-state index is -0.390. The van der Waals surface area contributed by atoms with E-state index in [1.165, 1.54) is 11.0 Å². The summed E-state index contributed by atoms with van der Waals surface area (Å²) in [5.41, 5.74) is 0.437. The summed E-state index contributed by atoms with van der Waals surface area (Å²) in [6, 6.07) is 4.04. The fourth-order valence-corrected chi connectivity index (χ4v) is 3.05. The highest BCUT2D eigenvalue weighted by molar-refractivity contribution is 6.42. The zero-order valence-corrected chi connectivity index (χ0v) is 13.0. The molecule has 4 amide bonds. The highest BCUT2D eigenvalue weighted by atomic mass is 35.5. The van der Waals surface area contributed by atoms with Crippen molar-refractivity contribution in [3.05, 3.63) is 33.8 Å². The van der Waals surface area contributed by atoms with E-state index in [0.29, 0.717) is 35.1 Å². The van der Waals surface area contributed by atoms with Gasteiger partial charge in [0.2, 0.25) is 5.91 Å². The fourth-order valence-electron chi connectivity index (χ4n) is 2.75. The molecule has 2 saturated heterocycles. The van der Waals surface area contributed by atoms with Crippen LogP contribution in [0.3, 0.4) is 0 Å². The number of rotatable bonds is 2. The second-order valence-corrected chi connectivity index (χ2v) is 6.06. The summed E-state index contributed by atoms with van der Waals surface area (Å²) in [5, 5.41) is 3.19. The lowest BCUT2D eigenvalue weighted by Crippen LogP contribution is -2.42. The van der Waals surface area contributed by atoms with Gasteiger partial charge in [-0.1, -0.05) is 23.2 Å². The van der Waals surface area contributed by atoms with Gasteiger partial charge in [0, 0.05) is 18.7 Å². The highest BCUT2D eigenvalue weighted by Crippen LogP contribution is 2.25. The number of nitrogens with zero attached hydrogens (tertiary/aromatic N) is 2. The lowest BCUT2D eigenvalue weighted by atomic mass is 10.2. The van der Waals surface area contributed by atoms with E-state index >= 15 is 0 Å². The summed E-state index contributed by atoms with van der Waals surface area (Å²) in [4.78, 5) is 38.6. The number of hydrogen-bond donors (Lipinski definition) is 1. The Hall–Kier alpha value is -1.79. The van der Waals surface area contributed by atoms with E-state index in [1.807, 2.05) is 0 Å². The smallest absolute Gasteiger partial charge is 0.324 e. The van der Waals surface area contributed by atoms with Gasteiger partial charge < -0.3 is 10.2 Å². The topological polar surface area (TPSA) is 69.7 Å². The number of carbonyl (C=O) groups is 3. The predicted molar refractivity (Wildman–Crippen MR) is 81.0 cm³/mol. The lowest BCUT2D eigenvalue weighted by Gasteiger charge is -2.21. The number of halogens is 2. The Morgan fingerprint density at radius 1 is 1.23 bits per heavy atom. The van der Waals surface area contributed by atoms with Crippen LogP contribution < -0.4 is 5.32 Å². The number of imide groups is 1. The molecule has 0 bridgehead atoms. The lowest BCUT2D eigenvalue weighted by molar-refractivity contribution is -0.126. The van der Waals surface area contributed by atoms with Gasteiger partial charge in [-0.15, -0.1) is 0 Å². The van der Waals surface area contributed by atoms with Crippen molar-refractivity contribution in [2.45, 2.75) is 12.5 Å². The van der Waals surface area contributed by atoms with Gasteiger partial charge >= 0.3 is 6.03 Å². The SMILES string of the molecule is O=C(c1ccc(Cl)c(Cl)c1)N1CC[C@@H](N2C(=O)CNC2=O)C1. The first kappa shape index (κ1) is 15.1. The molecule has 2 aliphatic rings. The normalized spacial score (nSPS) is 21.5. The van der Waals surface area contributed by atoms with Crippen LogP contribution in [0.5, 0.6) is 0 Å². The van der Waals surface area contributed by atoms with Gasteiger partial charge in [-0.25, -0.2) is 4.79 Å². The van der Waals surface area contributed by atoms with Gasteiger partial charge in [0.25, 0.3) is 5.91 Å². The van der Waals surface area contributed by atoms with Crippen molar-refractivity contribution in [2.24, 2.45) is 0 Å². The molecule has 2 heterocycles. The van der Waals surface area contributed by atoms with E-state index in [1.54, 1.807) is 17.0 Å². The Labute approximate surface area is 136 Å². The molecule has 22 heavy (non-hydrogen) atoms. The van der Waals surface area contributed by atoms with Crippen LogP contribution in [0.15, 0.2) is 18.2 Å². The molecular formula is C14H13Cl2N3O3. The third kappa shape index (κ3) is 2.64. The molecule has 1 atom stereocenters. The molecule has 8 heteroatoms. The van der Waals surface area contributed by atoms with E-state index < -0.39 is 0 Å². The summed E-state index contributed by atoms with van der Waals surface area (Å²) in [6.07, 6.45) is 0.576. The van der Waals surface area contributed by atoms with Crippen molar-refractivity contribution in [3.63, 3.8) is 0 Å². The average Bonchev–Trinajstić information content (AvgIpc) is 3.08. The number of benzene rings is 1. The molecule has 1 N–H and O–H groups in total. The largest absolute Gasteiger partial charge is 0.336 e. The zero-order chi connectivity index (χ0) is 15.9. The standard InChI is InChI=1S/C14H13Cl2N3O3/c15-10-2-1-8(5-11(10)16)13(21)18-4-3-9(7-18)19-12(20)6-17-14(19)22/h1-2,5,9H,3-4,6-7H2,(H,17,22)/t9-/m1/s1. The van der Waals surface area contributed by atoms with Crippen LogP contribution >= 0.6 is 23.2 Å². The van der Waals surface area contributed by atoms with Crippen LogP contribution in [0.1, 0.15) is 16.8 Å². The van der Waals surface area contributed by atoms with Crippen molar-refractivity contribution in [1.29, 1.82) is 0 Å². The zero-order valence-electron chi connectivity index (χ0n) is 11.5. The summed E-state index contributed by atoms with van der Waals surface area (Å²) in [6.45, 7) is 0.842. The summed E-state index contributed by atoms with van der Waals surface area (Å²) in [7, 11) is 0. The Kier molecular flexibility index (Phi) is 3.97. The van der Waals surface area contributed by atoms with Gasteiger partial charge in [0.15, 0.2) is 0 Å². The van der Waals surface area contributed by atoms with Crippen LogP contribution in [0.4, 0.5) is 4.79 Å². The quantitative estimate of drug-likeness (QED) is 0.833. The summed E-state index contributed by atoms with van der Waals surface area (Å²) >= 11 is 11.8. The number of hydrogen-bond acceptors (Lipinski definition) is 3. The maximum atomic E-state index is 12.5. The molecule has 2 fully saturated rings. The molecule has 3 rings (SSSR count). The van der Waals surface area contributed by atoms with Gasteiger partial charge in [-0.3, -0.25) is 14.5 Å². The van der Waals surface area contributed by atoms with E-state index in [0.717, 1.165) is 0 Å². The molecule has 2 aliphatic heterocycles. The molecule has 0 saturated carbocycles. The first-order valence-electron chi connectivity index (χ1n) is 6.81. The Morgan fingerprint density at radius 3 is 2.64 bits per heavy atom. The van der Waals surface area contributed by atoms with Crippen LogP contribution in [0.2, 0.25) is 10.0 Å². The first-order chi connectivity index (χ1) is 10.5. The minimum Gasteiger partial charge on any atom is -0.336 e. The molecule has 0 aromatic heterocycles. The maximum Gasteiger partial charge on any atom is 0.324 e. The third-order valence-corrected chi connectivity index (χ3v) is 4.60. The molecule has 1 aromatic rings. The van der Waals surface area contributed by atoms with Crippen molar-refractivity contribution >= 4 is 41.0 Å². The second kappa shape index (κ2) is 5.78. The van der Waals surface area contributed by atoms with Crippen molar-refractivity contribution < 1.29 is 14.4 Å². The van der Waals surface area contributed by atoms with Crippen LogP contribution in [0.25, 0.3) is 0 Å². The fraction of sp³-hybridized carbons (Fsp3) is 0.357.